The molecule has 0 bridgehead atoms. The first kappa shape index (κ1) is 18.8. The van der Waals surface area contributed by atoms with Gasteiger partial charge in [0.05, 0.1) is 11.5 Å². The van der Waals surface area contributed by atoms with E-state index in [1.165, 1.54) is 0 Å². The molecule has 0 radical (unpaired) electrons. The van der Waals surface area contributed by atoms with Crippen LogP contribution in [0.5, 0.6) is 0 Å². The molecule has 0 fully saturated rings. The Hall–Kier alpha value is -1.53. The molecule has 0 amide bonds. The van der Waals surface area contributed by atoms with Crippen molar-refractivity contribution < 1.29 is 9.32 Å². The van der Waals surface area contributed by atoms with Crippen LogP contribution in [0.4, 0.5) is 0 Å². The zero-order valence-corrected chi connectivity index (χ0v) is 15.1. The number of hydrogen-bond acceptors (Lipinski definition) is 3. The fourth-order valence-corrected chi connectivity index (χ4v) is 3.62. The minimum atomic E-state index is -1.29. The molecule has 0 saturated carbocycles. The maximum atomic E-state index is 12.5. The molecule has 130 valence electrons. The van der Waals surface area contributed by atoms with Crippen LogP contribution in [0.2, 0.25) is 0 Å². The molecule has 2 aromatic rings. The van der Waals surface area contributed by atoms with Crippen LogP contribution in [0.25, 0.3) is 0 Å². The third-order valence-electron chi connectivity index (χ3n) is 4.03. The lowest BCUT2D eigenvalue weighted by atomic mass is 10.1. The van der Waals surface area contributed by atoms with Crippen molar-refractivity contribution in [1.82, 2.24) is 10.0 Å². The van der Waals surface area contributed by atoms with Gasteiger partial charge in [-0.25, -0.2) is 8.93 Å². The van der Waals surface area contributed by atoms with E-state index in [1.54, 1.807) is 0 Å². The van der Waals surface area contributed by atoms with Gasteiger partial charge in [0, 0.05) is 18.6 Å². The monoisotopic (exact) mass is 346 g/mol. The van der Waals surface area contributed by atoms with Crippen LogP contribution in [0.15, 0.2) is 59.5 Å². The summed E-state index contributed by atoms with van der Waals surface area (Å²) >= 11 is 0. The number of benzene rings is 2. The van der Waals surface area contributed by atoms with Crippen molar-refractivity contribution in [1.29, 1.82) is 0 Å². The molecule has 0 heterocycles. The first-order chi connectivity index (χ1) is 11.6. The lowest BCUT2D eigenvalue weighted by Crippen LogP contribution is -2.50. The highest BCUT2D eigenvalue weighted by Gasteiger charge is 2.21. The highest BCUT2D eigenvalue weighted by molar-refractivity contribution is 7.83. The molecule has 2 aromatic carbocycles. The maximum absolute atomic E-state index is 12.5. The second kappa shape index (κ2) is 9.69. The van der Waals surface area contributed by atoms with E-state index >= 15 is 0 Å². The Balaban J connectivity index is 1.96. The first-order valence-electron chi connectivity index (χ1n) is 8.26. The molecule has 1 unspecified atom stereocenters. The summed E-state index contributed by atoms with van der Waals surface area (Å²) in [5.74, 6) is 0. The van der Waals surface area contributed by atoms with Gasteiger partial charge in [-0.2, -0.15) is 0 Å². The Morgan fingerprint density at radius 1 is 1.04 bits per heavy atom. The average Bonchev–Trinajstić information content (AvgIpc) is 2.62. The van der Waals surface area contributed by atoms with E-state index in [2.05, 4.69) is 10.0 Å². The predicted octanol–water partition coefficient (Wildman–Crippen LogP) is 2.54. The number of aliphatic hydroxyl groups is 1. The summed E-state index contributed by atoms with van der Waals surface area (Å²) < 4.78 is 15.6. The molecule has 0 saturated heterocycles. The number of nitrogens with one attached hydrogen (secondary N) is 2. The molecule has 5 heteroatoms. The maximum Gasteiger partial charge on any atom is 0.125 e. The van der Waals surface area contributed by atoms with Crippen molar-refractivity contribution in [2.24, 2.45) is 0 Å². The molecule has 3 atom stereocenters. The van der Waals surface area contributed by atoms with Crippen molar-refractivity contribution >= 4 is 11.0 Å². The van der Waals surface area contributed by atoms with Gasteiger partial charge >= 0.3 is 0 Å². The van der Waals surface area contributed by atoms with Gasteiger partial charge in [0.25, 0.3) is 0 Å². The van der Waals surface area contributed by atoms with Crippen molar-refractivity contribution in [3.8, 4) is 0 Å². The Morgan fingerprint density at radius 3 is 2.29 bits per heavy atom. The summed E-state index contributed by atoms with van der Waals surface area (Å²) in [5.41, 5.74) is 2.30. The third kappa shape index (κ3) is 5.53. The van der Waals surface area contributed by atoms with Gasteiger partial charge in [-0.1, -0.05) is 55.0 Å². The van der Waals surface area contributed by atoms with E-state index in [0.717, 1.165) is 22.4 Å². The summed E-state index contributed by atoms with van der Waals surface area (Å²) in [6.07, 6.45) is 0.768. The smallest absolute Gasteiger partial charge is 0.125 e. The molecule has 3 N–H and O–H groups in total. The molecule has 0 aliphatic carbocycles. The summed E-state index contributed by atoms with van der Waals surface area (Å²) in [6.45, 7) is 4.69. The van der Waals surface area contributed by atoms with Gasteiger partial charge in [-0.05, 0) is 31.0 Å². The molecule has 2 rings (SSSR count). The SMILES string of the molecule is CC[C@@H](NS(=O)c1ccc(C)cc1)[C@@H](CO)NCc1ccccc1. The van der Waals surface area contributed by atoms with E-state index in [-0.39, 0.29) is 18.7 Å². The van der Waals surface area contributed by atoms with Crippen LogP contribution in [0.1, 0.15) is 24.5 Å². The molecule has 4 nitrogen and oxygen atoms in total. The fourth-order valence-electron chi connectivity index (χ4n) is 2.50. The van der Waals surface area contributed by atoms with Gasteiger partial charge in [0.1, 0.15) is 11.0 Å². The van der Waals surface area contributed by atoms with E-state index in [1.807, 2.05) is 68.4 Å². The first-order valence-corrected chi connectivity index (χ1v) is 9.41. The van der Waals surface area contributed by atoms with Crippen molar-refractivity contribution in [3.05, 3.63) is 65.7 Å². The van der Waals surface area contributed by atoms with E-state index < -0.39 is 11.0 Å². The molecular formula is C19H26N2O2S. The average molecular weight is 346 g/mol. The fraction of sp³-hybridized carbons (Fsp3) is 0.368. The van der Waals surface area contributed by atoms with Crippen molar-refractivity contribution in [3.63, 3.8) is 0 Å². The number of aliphatic hydroxyl groups excluding tert-OH is 1. The lowest BCUT2D eigenvalue weighted by Gasteiger charge is -2.26. The molecular weight excluding hydrogens is 320 g/mol. The van der Waals surface area contributed by atoms with Gasteiger partial charge < -0.3 is 10.4 Å². The Kier molecular flexibility index (Phi) is 7.59. The summed E-state index contributed by atoms with van der Waals surface area (Å²) in [6, 6.07) is 17.5. The van der Waals surface area contributed by atoms with Crippen LogP contribution in [-0.4, -0.2) is 28.0 Å². The second-order valence-corrected chi connectivity index (χ2v) is 7.11. The standard InChI is InChI=1S/C19H26N2O2S/c1-3-18(21-24(23)17-11-9-15(2)10-12-17)19(14-22)20-13-16-7-5-4-6-8-16/h4-12,18-22H,3,13-14H2,1-2H3/t18-,19-,24?/m1/s1. The zero-order chi connectivity index (χ0) is 17.4. The Bertz CT molecular complexity index is 632. The zero-order valence-electron chi connectivity index (χ0n) is 14.2. The number of aryl methyl sites for hydroxylation is 1. The number of rotatable bonds is 9. The molecule has 0 aromatic heterocycles. The highest BCUT2D eigenvalue weighted by atomic mass is 32.2. The van der Waals surface area contributed by atoms with Gasteiger partial charge in [0.15, 0.2) is 0 Å². The Labute approximate surface area is 146 Å². The molecule has 24 heavy (non-hydrogen) atoms. The van der Waals surface area contributed by atoms with E-state index in [9.17, 15) is 9.32 Å². The van der Waals surface area contributed by atoms with Crippen molar-refractivity contribution in [2.75, 3.05) is 6.61 Å². The minimum Gasteiger partial charge on any atom is -0.395 e. The summed E-state index contributed by atoms with van der Waals surface area (Å²) in [7, 11) is -1.29. The number of hydrogen-bond donors (Lipinski definition) is 3. The van der Waals surface area contributed by atoms with E-state index in [0.29, 0.717) is 6.54 Å². The highest BCUT2D eigenvalue weighted by Crippen LogP contribution is 2.10. The Morgan fingerprint density at radius 2 is 1.71 bits per heavy atom. The summed E-state index contributed by atoms with van der Waals surface area (Å²) in [4.78, 5) is 0.749. The topological polar surface area (TPSA) is 61.4 Å². The van der Waals surface area contributed by atoms with Gasteiger partial charge in [-0.3, -0.25) is 0 Å². The molecule has 0 spiro atoms. The van der Waals surface area contributed by atoms with Crippen LogP contribution in [0, 0.1) is 6.92 Å². The summed E-state index contributed by atoms with van der Waals surface area (Å²) in [5, 5.41) is 13.1. The minimum absolute atomic E-state index is 0.0105. The van der Waals surface area contributed by atoms with Crippen molar-refractivity contribution in [2.45, 2.75) is 43.8 Å². The normalized spacial score (nSPS) is 15.0. The largest absolute Gasteiger partial charge is 0.395 e. The molecule has 0 aliphatic heterocycles. The predicted molar refractivity (Wildman–Crippen MR) is 99.0 cm³/mol. The lowest BCUT2D eigenvalue weighted by molar-refractivity contribution is 0.215. The van der Waals surface area contributed by atoms with Crippen LogP contribution in [-0.2, 0) is 17.5 Å². The van der Waals surface area contributed by atoms with Crippen LogP contribution >= 0.6 is 0 Å². The quantitative estimate of drug-likeness (QED) is 0.654. The van der Waals surface area contributed by atoms with Crippen LogP contribution in [0.3, 0.4) is 0 Å². The van der Waals surface area contributed by atoms with Crippen LogP contribution < -0.4 is 10.0 Å². The third-order valence-corrected chi connectivity index (χ3v) is 5.24. The van der Waals surface area contributed by atoms with E-state index in [4.69, 9.17) is 0 Å². The van der Waals surface area contributed by atoms with Gasteiger partial charge in [0.2, 0.25) is 0 Å². The second-order valence-electron chi connectivity index (χ2n) is 5.87. The molecule has 0 aliphatic rings. The van der Waals surface area contributed by atoms with Gasteiger partial charge in [-0.15, -0.1) is 0 Å².